The Kier molecular flexibility index (Phi) is 5.16. The molecule has 0 radical (unpaired) electrons. The smallest absolute Gasteiger partial charge is 0.409 e. The number of carbonyl (C=O) groups excluding carboxylic acids is 1. The van der Waals surface area contributed by atoms with Crippen LogP contribution >= 0.6 is 0 Å². The molecule has 0 bridgehead atoms. The molecule has 2 saturated carbocycles. The van der Waals surface area contributed by atoms with Crippen LogP contribution in [-0.2, 0) is 4.74 Å². The molecule has 4 nitrogen and oxygen atoms in total. The Balaban J connectivity index is 1.17. The Bertz CT molecular complexity index is 612. The predicted molar refractivity (Wildman–Crippen MR) is 98.9 cm³/mol. The summed E-state index contributed by atoms with van der Waals surface area (Å²) in [6.07, 6.45) is 5.17. The highest BCUT2D eigenvalue weighted by Gasteiger charge is 2.42. The van der Waals surface area contributed by atoms with Crippen molar-refractivity contribution in [1.82, 2.24) is 10.2 Å². The van der Waals surface area contributed by atoms with E-state index in [1.807, 2.05) is 6.07 Å². The molecule has 26 heavy (non-hydrogen) atoms. The highest BCUT2D eigenvalue weighted by molar-refractivity contribution is 5.67. The third kappa shape index (κ3) is 4.20. The number of amides is 1. The summed E-state index contributed by atoms with van der Waals surface area (Å²) in [5, 5.41) is 3.41. The first-order valence-corrected chi connectivity index (χ1v) is 10.0. The lowest BCUT2D eigenvalue weighted by Crippen LogP contribution is -2.49. The molecule has 142 valence electrons. The lowest BCUT2D eigenvalue weighted by molar-refractivity contribution is 0.0325. The van der Waals surface area contributed by atoms with Crippen molar-refractivity contribution in [2.45, 2.75) is 56.2 Å². The molecule has 4 rings (SSSR count). The highest BCUT2D eigenvalue weighted by Crippen LogP contribution is 2.41. The average molecular weight is 360 g/mol. The van der Waals surface area contributed by atoms with Crippen LogP contribution in [0.4, 0.5) is 9.18 Å². The van der Waals surface area contributed by atoms with E-state index >= 15 is 4.39 Å². The van der Waals surface area contributed by atoms with Gasteiger partial charge in [0.25, 0.3) is 0 Å². The number of rotatable bonds is 6. The molecule has 5 heteroatoms. The first kappa shape index (κ1) is 17.8. The Labute approximate surface area is 155 Å². The number of nitrogens with zero attached hydrogens (tertiary/aromatic N) is 1. The third-order valence-corrected chi connectivity index (χ3v) is 6.28. The Hall–Kier alpha value is -1.62. The van der Waals surface area contributed by atoms with E-state index < -0.39 is 5.67 Å². The van der Waals surface area contributed by atoms with Gasteiger partial charge in [-0.05, 0) is 30.7 Å². The molecule has 2 atom stereocenters. The zero-order chi connectivity index (χ0) is 18.0. The zero-order valence-corrected chi connectivity index (χ0v) is 15.3. The summed E-state index contributed by atoms with van der Waals surface area (Å²) in [5.74, 6) is 1.06. The number of benzene rings is 1. The van der Waals surface area contributed by atoms with E-state index in [1.54, 1.807) is 4.90 Å². The van der Waals surface area contributed by atoms with Crippen molar-refractivity contribution in [2.24, 2.45) is 5.92 Å². The summed E-state index contributed by atoms with van der Waals surface area (Å²) in [4.78, 5) is 13.8. The molecule has 3 aliphatic rings. The molecular formula is C21H29FN2O2. The van der Waals surface area contributed by atoms with Crippen molar-refractivity contribution in [1.29, 1.82) is 0 Å². The summed E-state index contributed by atoms with van der Waals surface area (Å²) in [7, 11) is 0. The van der Waals surface area contributed by atoms with Gasteiger partial charge in [-0.3, -0.25) is 0 Å². The number of halogens is 1. The van der Waals surface area contributed by atoms with Gasteiger partial charge < -0.3 is 15.0 Å². The molecule has 2 aliphatic carbocycles. The topological polar surface area (TPSA) is 41.6 Å². The van der Waals surface area contributed by atoms with Crippen LogP contribution in [-0.4, -0.2) is 48.9 Å². The second-order valence-corrected chi connectivity index (χ2v) is 8.25. The van der Waals surface area contributed by atoms with Gasteiger partial charge >= 0.3 is 6.09 Å². The van der Waals surface area contributed by atoms with E-state index in [9.17, 15) is 4.79 Å². The van der Waals surface area contributed by atoms with Crippen molar-refractivity contribution in [2.75, 3.05) is 26.2 Å². The van der Waals surface area contributed by atoms with Crippen LogP contribution in [0, 0.1) is 5.92 Å². The number of piperidine rings is 1. The number of nitrogens with one attached hydrogen (secondary N) is 1. The molecule has 1 aliphatic heterocycles. The Morgan fingerprint density at radius 3 is 2.62 bits per heavy atom. The lowest BCUT2D eigenvalue weighted by Gasteiger charge is -2.36. The van der Waals surface area contributed by atoms with E-state index in [0.29, 0.717) is 57.0 Å². The number of ether oxygens (including phenoxy) is 1. The molecule has 1 N–H and O–H groups in total. The van der Waals surface area contributed by atoms with Gasteiger partial charge in [0.1, 0.15) is 5.67 Å². The predicted octanol–water partition coefficient (Wildman–Crippen LogP) is 3.87. The second-order valence-electron chi connectivity index (χ2n) is 8.25. The van der Waals surface area contributed by atoms with Crippen molar-refractivity contribution in [3.05, 3.63) is 35.9 Å². The molecule has 1 aromatic rings. The summed E-state index contributed by atoms with van der Waals surface area (Å²) in [6, 6.07) is 10.8. The number of likely N-dealkylation sites (tertiary alicyclic amines) is 1. The molecule has 1 saturated heterocycles. The molecule has 1 heterocycles. The van der Waals surface area contributed by atoms with E-state index in [1.165, 1.54) is 12.0 Å². The number of hydrogen-bond acceptors (Lipinski definition) is 3. The minimum absolute atomic E-state index is 0.266. The first-order valence-electron chi connectivity index (χ1n) is 10.0. The normalized spacial score (nSPS) is 27.7. The molecule has 0 aromatic heterocycles. The average Bonchev–Trinajstić information content (AvgIpc) is 3.40. The van der Waals surface area contributed by atoms with Crippen LogP contribution in [0.2, 0.25) is 0 Å². The summed E-state index contributed by atoms with van der Waals surface area (Å²) >= 11 is 0. The molecular weight excluding hydrogens is 331 g/mol. The minimum Gasteiger partial charge on any atom is -0.449 e. The van der Waals surface area contributed by atoms with Gasteiger partial charge in [-0.15, -0.1) is 0 Å². The minimum atomic E-state index is -1.21. The molecule has 1 amide bonds. The summed E-state index contributed by atoms with van der Waals surface area (Å²) in [6.45, 7) is 1.81. The number of carbonyl (C=O) groups is 1. The first-order chi connectivity index (χ1) is 12.6. The third-order valence-electron chi connectivity index (χ3n) is 6.28. The van der Waals surface area contributed by atoms with Crippen LogP contribution in [0.5, 0.6) is 0 Å². The van der Waals surface area contributed by atoms with Crippen LogP contribution < -0.4 is 5.32 Å². The maximum absolute atomic E-state index is 15.1. The standard InChI is InChI=1S/C21H29FN2O2/c22-21(15-23-19-13-18(19)17-7-2-1-3-8-17)9-11-24(12-10-21)20(25)26-14-16-5-4-6-16/h1-3,7-8,16,18-19,23H,4-6,9-15H2/t18-,19+/m0/s1. The largest absolute Gasteiger partial charge is 0.449 e. The highest BCUT2D eigenvalue weighted by atomic mass is 19.1. The van der Waals surface area contributed by atoms with Gasteiger partial charge in [-0.1, -0.05) is 36.8 Å². The van der Waals surface area contributed by atoms with E-state index in [0.717, 1.165) is 19.3 Å². The van der Waals surface area contributed by atoms with Crippen LogP contribution in [0.25, 0.3) is 0 Å². The van der Waals surface area contributed by atoms with E-state index in [4.69, 9.17) is 4.74 Å². The molecule has 1 aromatic carbocycles. The molecule has 3 fully saturated rings. The maximum Gasteiger partial charge on any atom is 0.409 e. The van der Waals surface area contributed by atoms with Crippen LogP contribution in [0.3, 0.4) is 0 Å². The monoisotopic (exact) mass is 360 g/mol. The SMILES string of the molecule is O=C(OCC1CCC1)N1CCC(F)(CN[C@@H]2C[C@H]2c2ccccc2)CC1. The van der Waals surface area contributed by atoms with Gasteiger partial charge in [0.15, 0.2) is 0 Å². The van der Waals surface area contributed by atoms with Crippen LogP contribution in [0.15, 0.2) is 30.3 Å². The fourth-order valence-corrected chi connectivity index (χ4v) is 4.01. The van der Waals surface area contributed by atoms with Crippen LogP contribution in [0.1, 0.15) is 50.0 Å². The van der Waals surface area contributed by atoms with Gasteiger partial charge in [0.05, 0.1) is 6.61 Å². The second kappa shape index (κ2) is 7.55. The van der Waals surface area contributed by atoms with Crippen molar-refractivity contribution < 1.29 is 13.9 Å². The zero-order valence-electron chi connectivity index (χ0n) is 15.3. The lowest BCUT2D eigenvalue weighted by atomic mass is 9.86. The van der Waals surface area contributed by atoms with E-state index in [-0.39, 0.29) is 6.09 Å². The van der Waals surface area contributed by atoms with E-state index in [2.05, 4.69) is 29.6 Å². The van der Waals surface area contributed by atoms with Gasteiger partial charge in [-0.2, -0.15) is 0 Å². The van der Waals surface area contributed by atoms with Gasteiger partial charge in [0, 0.05) is 44.4 Å². The number of hydrogen-bond donors (Lipinski definition) is 1. The summed E-state index contributed by atoms with van der Waals surface area (Å²) in [5.41, 5.74) is 0.121. The summed E-state index contributed by atoms with van der Waals surface area (Å²) < 4.78 is 20.4. The fraction of sp³-hybridized carbons (Fsp3) is 0.667. The molecule has 0 unspecified atom stereocenters. The number of alkyl halides is 1. The van der Waals surface area contributed by atoms with Crippen molar-refractivity contribution >= 4 is 6.09 Å². The van der Waals surface area contributed by atoms with Crippen molar-refractivity contribution in [3.8, 4) is 0 Å². The quantitative estimate of drug-likeness (QED) is 0.837. The van der Waals surface area contributed by atoms with Gasteiger partial charge in [0.2, 0.25) is 0 Å². The van der Waals surface area contributed by atoms with Crippen molar-refractivity contribution in [3.63, 3.8) is 0 Å². The Morgan fingerprint density at radius 2 is 1.96 bits per heavy atom. The molecule has 0 spiro atoms. The maximum atomic E-state index is 15.1. The Morgan fingerprint density at radius 1 is 1.23 bits per heavy atom. The van der Waals surface area contributed by atoms with Gasteiger partial charge in [-0.25, -0.2) is 9.18 Å². The fourth-order valence-electron chi connectivity index (χ4n) is 4.01.